The number of aromatic nitrogens is 1. The number of benzene rings is 1. The maximum absolute atomic E-state index is 9.55. The molecule has 0 bridgehead atoms. The summed E-state index contributed by atoms with van der Waals surface area (Å²) in [5, 5.41) is 13.1. The van der Waals surface area contributed by atoms with Gasteiger partial charge in [-0.05, 0) is 44.5 Å². The predicted octanol–water partition coefficient (Wildman–Crippen LogP) is 2.60. The van der Waals surface area contributed by atoms with Crippen molar-refractivity contribution in [3.63, 3.8) is 0 Å². The number of likely N-dealkylation sites (tertiary alicyclic amines) is 1. The summed E-state index contributed by atoms with van der Waals surface area (Å²) in [7, 11) is 0. The second-order valence-electron chi connectivity index (χ2n) is 6.86. The van der Waals surface area contributed by atoms with Crippen molar-refractivity contribution in [2.75, 3.05) is 26.2 Å². The minimum atomic E-state index is -0.0902. The molecule has 0 amide bonds. The van der Waals surface area contributed by atoms with Gasteiger partial charge in [0, 0.05) is 43.2 Å². The summed E-state index contributed by atoms with van der Waals surface area (Å²) in [6.45, 7) is 5.46. The lowest BCUT2D eigenvalue weighted by Crippen LogP contribution is -2.37. The number of para-hydroxylation sites is 1. The van der Waals surface area contributed by atoms with Crippen molar-refractivity contribution in [2.24, 2.45) is 0 Å². The van der Waals surface area contributed by atoms with E-state index in [0.717, 1.165) is 63.3 Å². The molecular weight excluding hydrogens is 326 g/mol. The van der Waals surface area contributed by atoms with Gasteiger partial charge in [-0.3, -0.25) is 4.98 Å². The number of piperidine rings is 1. The highest BCUT2D eigenvalue weighted by molar-refractivity contribution is 5.33. The number of ether oxygens (including phenoxy) is 1. The first-order valence-corrected chi connectivity index (χ1v) is 9.52. The van der Waals surface area contributed by atoms with Crippen LogP contribution in [0.3, 0.4) is 0 Å². The van der Waals surface area contributed by atoms with E-state index in [1.54, 1.807) is 6.20 Å². The van der Waals surface area contributed by atoms with Crippen LogP contribution >= 0.6 is 0 Å². The van der Waals surface area contributed by atoms with Crippen LogP contribution in [-0.4, -0.2) is 47.3 Å². The minimum absolute atomic E-state index is 0.0902. The lowest BCUT2D eigenvalue weighted by atomic mass is 10.1. The van der Waals surface area contributed by atoms with Crippen LogP contribution < -0.4 is 10.1 Å². The molecule has 0 unspecified atom stereocenters. The van der Waals surface area contributed by atoms with Crippen LogP contribution in [0.15, 0.2) is 48.8 Å². The van der Waals surface area contributed by atoms with Crippen molar-refractivity contribution in [3.05, 3.63) is 59.9 Å². The van der Waals surface area contributed by atoms with Gasteiger partial charge in [0.2, 0.25) is 0 Å². The molecule has 1 aliphatic rings. The van der Waals surface area contributed by atoms with Crippen LogP contribution in [0.4, 0.5) is 0 Å². The highest BCUT2D eigenvalue weighted by Gasteiger charge is 2.15. The van der Waals surface area contributed by atoms with Gasteiger partial charge in [-0.1, -0.05) is 24.3 Å². The van der Waals surface area contributed by atoms with Gasteiger partial charge in [-0.25, -0.2) is 0 Å². The normalized spacial score (nSPS) is 15.9. The molecule has 1 fully saturated rings. The van der Waals surface area contributed by atoms with Gasteiger partial charge in [-0.2, -0.15) is 0 Å². The van der Waals surface area contributed by atoms with E-state index in [1.807, 2.05) is 36.5 Å². The highest BCUT2D eigenvalue weighted by atomic mass is 16.5. The van der Waals surface area contributed by atoms with E-state index in [0.29, 0.717) is 6.61 Å². The lowest BCUT2D eigenvalue weighted by molar-refractivity contribution is 0.0821. The molecule has 1 saturated heterocycles. The van der Waals surface area contributed by atoms with Gasteiger partial charge in [0.15, 0.2) is 0 Å². The first-order chi connectivity index (χ1) is 12.8. The number of nitrogens with zero attached hydrogens (tertiary/aromatic N) is 2. The molecule has 0 atom stereocenters. The number of rotatable bonds is 9. The van der Waals surface area contributed by atoms with Gasteiger partial charge in [0.25, 0.3) is 0 Å². The molecular formula is C21H29N3O2. The van der Waals surface area contributed by atoms with E-state index in [4.69, 9.17) is 4.74 Å². The van der Waals surface area contributed by atoms with Crippen molar-refractivity contribution in [1.82, 2.24) is 15.2 Å². The Morgan fingerprint density at radius 2 is 2.00 bits per heavy atom. The number of nitrogens with one attached hydrogen (secondary N) is 1. The third-order valence-electron chi connectivity index (χ3n) is 4.79. The Kier molecular flexibility index (Phi) is 7.43. The summed E-state index contributed by atoms with van der Waals surface area (Å²) >= 11 is 0. The summed E-state index contributed by atoms with van der Waals surface area (Å²) in [6, 6.07) is 12.1. The molecule has 3 rings (SSSR count). The SMILES string of the molecule is OC1CCN(CCCNCc2ccccc2OCc2cccnc2)CC1. The maximum atomic E-state index is 9.55. The maximum Gasteiger partial charge on any atom is 0.124 e. The van der Waals surface area contributed by atoms with E-state index < -0.39 is 0 Å². The molecule has 5 nitrogen and oxygen atoms in total. The smallest absolute Gasteiger partial charge is 0.124 e. The minimum Gasteiger partial charge on any atom is -0.489 e. The Balaban J connectivity index is 1.38. The molecule has 1 aromatic carbocycles. The van der Waals surface area contributed by atoms with Crippen LogP contribution in [0.25, 0.3) is 0 Å². The first-order valence-electron chi connectivity index (χ1n) is 9.52. The molecule has 0 spiro atoms. The molecule has 0 radical (unpaired) electrons. The van der Waals surface area contributed by atoms with Crippen LogP contribution in [-0.2, 0) is 13.2 Å². The fourth-order valence-corrected chi connectivity index (χ4v) is 3.23. The molecule has 0 aliphatic carbocycles. The number of pyridine rings is 1. The third kappa shape index (κ3) is 6.09. The fraction of sp³-hybridized carbons (Fsp3) is 0.476. The number of aliphatic hydroxyl groups is 1. The van der Waals surface area contributed by atoms with E-state index in [-0.39, 0.29) is 6.10 Å². The standard InChI is InChI=1S/C21H29N3O2/c25-20-8-13-24(14-9-20)12-4-11-23-16-19-6-1-2-7-21(19)26-17-18-5-3-10-22-15-18/h1-3,5-7,10,15,20,23,25H,4,8-9,11-14,16-17H2. The molecule has 26 heavy (non-hydrogen) atoms. The Morgan fingerprint density at radius 1 is 1.15 bits per heavy atom. The monoisotopic (exact) mass is 355 g/mol. The van der Waals surface area contributed by atoms with Crippen LogP contribution in [0.5, 0.6) is 5.75 Å². The van der Waals surface area contributed by atoms with Crippen molar-refractivity contribution < 1.29 is 9.84 Å². The third-order valence-corrected chi connectivity index (χ3v) is 4.79. The van der Waals surface area contributed by atoms with Crippen molar-refractivity contribution >= 4 is 0 Å². The Hall–Kier alpha value is -1.95. The number of aliphatic hydroxyl groups excluding tert-OH is 1. The van der Waals surface area contributed by atoms with Crippen LogP contribution in [0.2, 0.25) is 0 Å². The molecule has 2 aromatic rings. The number of hydrogen-bond donors (Lipinski definition) is 2. The summed E-state index contributed by atoms with van der Waals surface area (Å²) in [4.78, 5) is 6.57. The zero-order valence-corrected chi connectivity index (χ0v) is 15.3. The topological polar surface area (TPSA) is 57.6 Å². The van der Waals surface area contributed by atoms with E-state index in [1.165, 1.54) is 5.56 Å². The lowest BCUT2D eigenvalue weighted by Gasteiger charge is -2.29. The second-order valence-corrected chi connectivity index (χ2v) is 6.86. The quantitative estimate of drug-likeness (QED) is 0.677. The zero-order valence-electron chi connectivity index (χ0n) is 15.3. The highest BCUT2D eigenvalue weighted by Crippen LogP contribution is 2.19. The molecule has 5 heteroatoms. The Bertz CT molecular complexity index is 643. The first kappa shape index (κ1) is 18.8. The second kappa shape index (κ2) is 10.3. The predicted molar refractivity (Wildman–Crippen MR) is 103 cm³/mol. The summed E-state index contributed by atoms with van der Waals surface area (Å²) < 4.78 is 5.97. The number of hydrogen-bond acceptors (Lipinski definition) is 5. The summed E-state index contributed by atoms with van der Waals surface area (Å²) in [5.41, 5.74) is 2.25. The zero-order chi connectivity index (χ0) is 18.0. The Labute approximate surface area is 156 Å². The average Bonchev–Trinajstić information content (AvgIpc) is 2.69. The Morgan fingerprint density at radius 3 is 2.81 bits per heavy atom. The molecule has 140 valence electrons. The van der Waals surface area contributed by atoms with Crippen LogP contribution in [0, 0.1) is 0 Å². The molecule has 1 aliphatic heterocycles. The van der Waals surface area contributed by atoms with Gasteiger partial charge >= 0.3 is 0 Å². The van der Waals surface area contributed by atoms with Crippen molar-refractivity contribution in [1.29, 1.82) is 0 Å². The fourth-order valence-electron chi connectivity index (χ4n) is 3.23. The molecule has 2 heterocycles. The summed E-state index contributed by atoms with van der Waals surface area (Å²) in [6.07, 6.45) is 6.46. The largest absolute Gasteiger partial charge is 0.489 e. The van der Waals surface area contributed by atoms with E-state index in [2.05, 4.69) is 21.3 Å². The van der Waals surface area contributed by atoms with Gasteiger partial charge in [0.05, 0.1) is 6.10 Å². The van der Waals surface area contributed by atoms with E-state index >= 15 is 0 Å². The van der Waals surface area contributed by atoms with E-state index in [9.17, 15) is 5.11 Å². The van der Waals surface area contributed by atoms with Gasteiger partial charge < -0.3 is 20.1 Å². The van der Waals surface area contributed by atoms with Crippen molar-refractivity contribution in [2.45, 2.75) is 38.5 Å². The molecule has 0 saturated carbocycles. The average molecular weight is 355 g/mol. The van der Waals surface area contributed by atoms with Crippen molar-refractivity contribution in [3.8, 4) is 5.75 Å². The van der Waals surface area contributed by atoms with Gasteiger partial charge in [-0.15, -0.1) is 0 Å². The van der Waals surface area contributed by atoms with Gasteiger partial charge in [0.1, 0.15) is 12.4 Å². The molecule has 1 aromatic heterocycles. The van der Waals surface area contributed by atoms with Crippen LogP contribution in [0.1, 0.15) is 30.4 Å². The molecule has 2 N–H and O–H groups in total. The summed E-state index contributed by atoms with van der Waals surface area (Å²) in [5.74, 6) is 0.925.